The Balaban J connectivity index is 1.34. The van der Waals surface area contributed by atoms with Crippen LogP contribution in [0.3, 0.4) is 0 Å². The number of aliphatic hydroxyl groups is 12. The van der Waals surface area contributed by atoms with Crippen molar-refractivity contribution in [1.29, 1.82) is 0 Å². The molecular weight excluding hydrogens is 802 g/mol. The van der Waals surface area contributed by atoms with Gasteiger partial charge >= 0.3 is 0 Å². The molecule has 59 heavy (non-hydrogen) atoms. The third-order valence-corrected chi connectivity index (χ3v) is 11.4. The average Bonchev–Trinajstić information content (AvgIpc) is 3.22. The molecular formula is C34H59N3O22. The first-order chi connectivity index (χ1) is 28.1. The van der Waals surface area contributed by atoms with Gasteiger partial charge in [0.25, 0.3) is 0 Å². The van der Waals surface area contributed by atoms with E-state index in [2.05, 4.69) is 10.0 Å². The van der Waals surface area contributed by atoms with Crippen LogP contribution in [0.2, 0.25) is 0 Å². The Bertz CT molecular complexity index is 1330. The summed E-state index contributed by atoms with van der Waals surface area (Å²) in [5.41, 5.74) is 8.66. The number of aliphatic hydroxyl groups excluding tert-OH is 12. The van der Waals surface area contributed by atoms with Crippen LogP contribution in [-0.4, -0.2) is 236 Å². The lowest BCUT2D eigenvalue weighted by atomic mass is 9.90. The van der Waals surface area contributed by atoms with Gasteiger partial charge in [0, 0.05) is 29.7 Å². The van der Waals surface area contributed by atoms with E-state index in [1.165, 1.54) is 13.8 Å². The molecule has 0 saturated carbocycles. The quantitative estimate of drug-likeness (QED) is 0.0297. The Hall–Kier alpha value is -1.57. The van der Waals surface area contributed by atoms with Crippen LogP contribution in [0.4, 0.5) is 0 Å². The molecule has 5 rings (SSSR count). The maximum absolute atomic E-state index is 11.7. The van der Waals surface area contributed by atoms with Crippen LogP contribution in [0.5, 0.6) is 0 Å². The second-order valence-electron chi connectivity index (χ2n) is 15.4. The van der Waals surface area contributed by atoms with Gasteiger partial charge in [0.15, 0.2) is 31.5 Å². The van der Waals surface area contributed by atoms with Crippen molar-refractivity contribution in [3.63, 3.8) is 0 Å². The predicted octanol–water partition coefficient (Wildman–Crippen LogP) is -5.98. The molecule has 0 aliphatic carbocycles. The molecule has 0 aromatic carbocycles. The van der Waals surface area contributed by atoms with Gasteiger partial charge in [0.2, 0.25) is 0 Å². The second kappa shape index (κ2) is 21.7. The van der Waals surface area contributed by atoms with Crippen LogP contribution in [0.1, 0.15) is 27.2 Å². The minimum atomic E-state index is -1.90. The van der Waals surface area contributed by atoms with Crippen molar-refractivity contribution in [2.24, 2.45) is 17.0 Å². The SMILES string of the molecule is CC1[C@H](O[C@@H]2C(O)[C@H](O[C@@H]3C(CO)O[C@@H](OCCN=[N+]=[N-])C(C)[C@H]3OC3C[C@@H](O)C(O)[C@H](C)O3)OC(CO)[C@@H]2O)OC(CO)[C@@H](O[C@@H]2OC(CO)[C@H](O)[C@H](O)C2O)[C@@H]1O. The predicted molar refractivity (Wildman–Crippen MR) is 188 cm³/mol. The molecule has 5 aliphatic heterocycles. The van der Waals surface area contributed by atoms with Crippen molar-refractivity contribution in [3.8, 4) is 0 Å². The van der Waals surface area contributed by atoms with Crippen molar-refractivity contribution in [2.45, 2.75) is 162 Å². The molecule has 5 heterocycles. The van der Waals surface area contributed by atoms with E-state index in [9.17, 15) is 61.3 Å². The maximum atomic E-state index is 11.7. The number of nitrogens with zero attached hydrogens (tertiary/aromatic N) is 3. The highest BCUT2D eigenvalue weighted by Gasteiger charge is 2.55. The summed E-state index contributed by atoms with van der Waals surface area (Å²) in [5, 5.41) is 130. The largest absolute Gasteiger partial charge is 0.394 e. The number of ether oxygens (including phenoxy) is 10. The Morgan fingerprint density at radius 2 is 1.07 bits per heavy atom. The molecule has 0 spiro atoms. The molecule has 10 unspecified atom stereocenters. The lowest BCUT2D eigenvalue weighted by molar-refractivity contribution is -0.389. The Kier molecular flexibility index (Phi) is 17.8. The molecule has 25 nitrogen and oxygen atoms in total. The summed E-state index contributed by atoms with van der Waals surface area (Å²) in [7, 11) is 0. The highest BCUT2D eigenvalue weighted by Crippen LogP contribution is 2.38. The van der Waals surface area contributed by atoms with Crippen molar-refractivity contribution in [3.05, 3.63) is 10.4 Å². The van der Waals surface area contributed by atoms with E-state index in [0.717, 1.165) is 0 Å². The topological polar surface area (TPSA) is 384 Å². The molecule has 5 fully saturated rings. The van der Waals surface area contributed by atoms with Crippen molar-refractivity contribution < 1.29 is 109 Å². The Morgan fingerprint density at radius 1 is 0.525 bits per heavy atom. The zero-order valence-electron chi connectivity index (χ0n) is 32.6. The van der Waals surface area contributed by atoms with Gasteiger partial charge in [-0.1, -0.05) is 19.0 Å². The number of hydrogen-bond donors (Lipinski definition) is 12. The first-order valence-electron chi connectivity index (χ1n) is 19.5. The zero-order valence-corrected chi connectivity index (χ0v) is 32.6. The second-order valence-corrected chi connectivity index (χ2v) is 15.4. The number of hydrogen-bond acceptors (Lipinski definition) is 23. The van der Waals surface area contributed by atoms with Gasteiger partial charge in [-0.2, -0.15) is 0 Å². The fourth-order valence-corrected chi connectivity index (χ4v) is 7.78. The summed E-state index contributed by atoms with van der Waals surface area (Å²) in [5.74, 6) is -1.83. The first-order valence-corrected chi connectivity index (χ1v) is 19.5. The van der Waals surface area contributed by atoms with Crippen molar-refractivity contribution in [1.82, 2.24) is 0 Å². The molecule has 5 saturated heterocycles. The molecule has 25 heteroatoms. The van der Waals surface area contributed by atoms with Gasteiger partial charge in [-0.15, -0.1) is 0 Å². The summed E-state index contributed by atoms with van der Waals surface area (Å²) < 4.78 is 59.0. The summed E-state index contributed by atoms with van der Waals surface area (Å²) >= 11 is 0. The minimum Gasteiger partial charge on any atom is -0.394 e. The van der Waals surface area contributed by atoms with Gasteiger partial charge in [0.05, 0.1) is 57.5 Å². The smallest absolute Gasteiger partial charge is 0.187 e. The highest BCUT2D eigenvalue weighted by atomic mass is 16.8. The van der Waals surface area contributed by atoms with E-state index >= 15 is 0 Å². The summed E-state index contributed by atoms with van der Waals surface area (Å²) in [6.45, 7) is 1.40. The lowest BCUT2D eigenvalue weighted by Gasteiger charge is -2.50. The van der Waals surface area contributed by atoms with Gasteiger partial charge in [-0.05, 0) is 12.5 Å². The van der Waals surface area contributed by atoms with Crippen LogP contribution >= 0.6 is 0 Å². The summed E-state index contributed by atoms with van der Waals surface area (Å²) in [4.78, 5) is 2.68. The Labute approximate surface area is 338 Å². The minimum absolute atomic E-state index is 0.0502. The van der Waals surface area contributed by atoms with E-state index in [1.807, 2.05) is 0 Å². The molecule has 0 amide bonds. The van der Waals surface area contributed by atoms with Crippen LogP contribution in [0, 0.1) is 11.8 Å². The highest BCUT2D eigenvalue weighted by molar-refractivity contribution is 4.98. The number of rotatable bonds is 16. The van der Waals surface area contributed by atoms with E-state index < -0.39 is 173 Å². The molecule has 24 atom stereocenters. The maximum Gasteiger partial charge on any atom is 0.187 e. The van der Waals surface area contributed by atoms with Gasteiger partial charge in [-0.3, -0.25) is 0 Å². The normalized spacial score (nSPS) is 49.6. The molecule has 0 aromatic heterocycles. The van der Waals surface area contributed by atoms with Crippen LogP contribution in [-0.2, 0) is 47.4 Å². The monoisotopic (exact) mass is 861 g/mol. The van der Waals surface area contributed by atoms with Crippen molar-refractivity contribution >= 4 is 0 Å². The third kappa shape index (κ3) is 10.8. The molecule has 342 valence electrons. The average molecular weight is 862 g/mol. The lowest BCUT2D eigenvalue weighted by Crippen LogP contribution is -2.66. The van der Waals surface area contributed by atoms with Crippen molar-refractivity contribution in [2.75, 3.05) is 39.6 Å². The first kappa shape index (κ1) is 48.5. The molecule has 5 aliphatic rings. The molecule has 0 aromatic rings. The van der Waals surface area contributed by atoms with Crippen LogP contribution < -0.4 is 0 Å². The summed E-state index contributed by atoms with van der Waals surface area (Å²) in [6.07, 6.45) is -32.1. The number of azide groups is 1. The van der Waals surface area contributed by atoms with Crippen LogP contribution in [0.25, 0.3) is 10.4 Å². The van der Waals surface area contributed by atoms with Gasteiger partial charge < -0.3 is 109 Å². The Morgan fingerprint density at radius 3 is 1.68 bits per heavy atom. The van der Waals surface area contributed by atoms with E-state index in [0.29, 0.717) is 0 Å². The van der Waals surface area contributed by atoms with E-state index in [4.69, 9.17) is 52.9 Å². The zero-order chi connectivity index (χ0) is 43.3. The fraction of sp³-hybridized carbons (Fsp3) is 1.00. The van der Waals surface area contributed by atoms with E-state index in [1.54, 1.807) is 6.92 Å². The van der Waals surface area contributed by atoms with E-state index in [-0.39, 0.29) is 19.6 Å². The fourth-order valence-electron chi connectivity index (χ4n) is 7.78. The molecule has 12 N–H and O–H groups in total. The molecule has 0 bridgehead atoms. The summed E-state index contributed by atoms with van der Waals surface area (Å²) in [6, 6.07) is 0. The van der Waals surface area contributed by atoms with Gasteiger partial charge in [-0.25, -0.2) is 0 Å². The van der Waals surface area contributed by atoms with Crippen LogP contribution in [0.15, 0.2) is 5.11 Å². The van der Waals surface area contributed by atoms with Gasteiger partial charge in [0.1, 0.15) is 79.4 Å². The standard InChI is InChI=1S/C34H59N3O22/c1-11-20(43)28(57-33-25(48)24(47)22(45)15(7-38)52-33)17(9-40)55-32(11)59-30-23(46)16(8-39)53-34(26(30)49)58-29-18(10-41)54-31(50-5-4-36-37-35)12(2)27(29)56-19-6-14(42)21(44)13(3)51-19/h11-34,38-49H,4-10H2,1-3H3/t11?,12?,13-,14+,15?,16?,17?,18?,19?,20+,21?,22-,23-,24-,25?,26?,27+,28+,29+,30-,31+,32-,33-,34-/m0/s1. The third-order valence-electron chi connectivity index (χ3n) is 11.4. The molecule has 0 radical (unpaired) electrons.